The van der Waals surface area contributed by atoms with Crippen LogP contribution in [0.25, 0.3) is 22.2 Å². The van der Waals surface area contributed by atoms with Crippen LogP contribution in [-0.4, -0.2) is 23.3 Å². The Hall–Kier alpha value is -3.09. The highest BCUT2D eigenvalue weighted by molar-refractivity contribution is 9.10. The molecule has 1 aliphatic heterocycles. The summed E-state index contributed by atoms with van der Waals surface area (Å²) in [6.45, 7) is 0.326. The van der Waals surface area contributed by atoms with Gasteiger partial charge in [0.15, 0.2) is 0 Å². The molecule has 0 spiro atoms. The molecule has 160 valence electrons. The molecule has 0 bridgehead atoms. The number of rotatable bonds is 4. The number of nitrogens with zero attached hydrogens (tertiary/aromatic N) is 1. The lowest BCUT2D eigenvalue weighted by Crippen LogP contribution is -2.41. The highest BCUT2D eigenvalue weighted by atomic mass is 79.9. The first kappa shape index (κ1) is 20.8. The molecule has 0 radical (unpaired) electrons. The molecule has 4 aromatic rings. The Kier molecular flexibility index (Phi) is 5.49. The Morgan fingerprint density at radius 2 is 1.91 bits per heavy atom. The molecule has 2 heterocycles. The minimum atomic E-state index is -0.230. The average Bonchev–Trinajstić information content (AvgIpc) is 3.08. The quantitative estimate of drug-likeness (QED) is 0.385. The number of halogens is 2. The molecule has 5 rings (SSSR count). The molecule has 3 aromatic carbocycles. The molecule has 0 aliphatic carbocycles. The fraction of sp³-hybridized carbons (Fsp3) is 0.120. The van der Waals surface area contributed by atoms with E-state index in [2.05, 4.69) is 26.2 Å². The van der Waals surface area contributed by atoms with E-state index in [0.29, 0.717) is 17.3 Å². The maximum Gasteiger partial charge on any atom is 0.240 e. The van der Waals surface area contributed by atoms with Gasteiger partial charge in [0.25, 0.3) is 0 Å². The number of aromatic nitrogens is 1. The number of carbonyl (C=O) groups is 2. The molecule has 5 nitrogen and oxygen atoms in total. The highest BCUT2D eigenvalue weighted by Gasteiger charge is 2.30. The van der Waals surface area contributed by atoms with Crippen LogP contribution in [0.15, 0.2) is 71.2 Å². The zero-order chi connectivity index (χ0) is 22.2. The maximum atomic E-state index is 13.4. The van der Waals surface area contributed by atoms with Crippen molar-refractivity contribution >= 4 is 55.9 Å². The second-order valence-electron chi connectivity index (χ2n) is 7.75. The van der Waals surface area contributed by atoms with Crippen LogP contribution in [0.5, 0.6) is 0 Å². The summed E-state index contributed by atoms with van der Waals surface area (Å²) in [6, 6.07) is 21.1. The normalized spacial score (nSPS) is 12.9. The Labute approximate surface area is 198 Å². The topological polar surface area (TPSA) is 65.2 Å². The number of nitrogens with one attached hydrogen (secondary N) is 2. The summed E-state index contributed by atoms with van der Waals surface area (Å²) in [5.74, 6) is -0.380. The first-order valence-corrected chi connectivity index (χ1v) is 11.4. The van der Waals surface area contributed by atoms with Crippen molar-refractivity contribution in [3.8, 4) is 11.3 Å². The SMILES string of the molecule is O=C(CN1C(=O)Cc2c([nH]c3ccc(Br)cc23)-c2ccc(Cl)cc21)NCc1ccccc1. The number of carbonyl (C=O) groups excluding carboxylic acids is 2. The van der Waals surface area contributed by atoms with E-state index in [1.165, 1.54) is 4.90 Å². The fourth-order valence-corrected chi connectivity index (χ4v) is 4.65. The molecule has 0 saturated carbocycles. The molecule has 1 aromatic heterocycles. The molecule has 7 heteroatoms. The van der Waals surface area contributed by atoms with E-state index in [1.54, 1.807) is 12.1 Å². The second kappa shape index (κ2) is 8.45. The molecule has 0 atom stereocenters. The number of H-pyrrole nitrogens is 1. The number of anilines is 1. The van der Waals surface area contributed by atoms with Crippen LogP contribution in [0.4, 0.5) is 5.69 Å². The predicted octanol–water partition coefficient (Wildman–Crippen LogP) is 5.46. The zero-order valence-electron chi connectivity index (χ0n) is 17.0. The molecule has 1 aliphatic rings. The Morgan fingerprint density at radius 1 is 1.09 bits per heavy atom. The van der Waals surface area contributed by atoms with Crippen molar-refractivity contribution in [1.82, 2.24) is 10.3 Å². The van der Waals surface area contributed by atoms with Crippen LogP contribution in [0.1, 0.15) is 11.1 Å². The monoisotopic (exact) mass is 507 g/mol. The van der Waals surface area contributed by atoms with Gasteiger partial charge < -0.3 is 15.2 Å². The van der Waals surface area contributed by atoms with E-state index >= 15 is 0 Å². The van der Waals surface area contributed by atoms with Crippen LogP contribution in [0, 0.1) is 0 Å². The van der Waals surface area contributed by atoms with Gasteiger partial charge in [-0.2, -0.15) is 0 Å². The van der Waals surface area contributed by atoms with Crippen molar-refractivity contribution in [2.24, 2.45) is 0 Å². The van der Waals surface area contributed by atoms with E-state index in [1.807, 2.05) is 54.6 Å². The van der Waals surface area contributed by atoms with Crippen LogP contribution in [-0.2, 0) is 22.6 Å². The molecule has 32 heavy (non-hydrogen) atoms. The number of amides is 2. The lowest BCUT2D eigenvalue weighted by molar-refractivity contribution is -0.123. The van der Waals surface area contributed by atoms with Gasteiger partial charge in [-0.25, -0.2) is 0 Å². The molecular formula is C25H19BrClN3O2. The first-order valence-electron chi connectivity index (χ1n) is 10.2. The van der Waals surface area contributed by atoms with Crippen LogP contribution in [0.2, 0.25) is 5.02 Å². The van der Waals surface area contributed by atoms with Crippen molar-refractivity contribution < 1.29 is 9.59 Å². The molecule has 0 saturated heterocycles. The van der Waals surface area contributed by atoms with Crippen LogP contribution in [0.3, 0.4) is 0 Å². The standard InChI is InChI=1S/C25H19BrClN3O2/c26-16-6-9-21-19(10-16)20-12-24(32)30(14-23(31)28-13-15-4-2-1-3-5-15)22-11-17(27)7-8-18(22)25(20)29-21/h1-11,29H,12-14H2,(H,28,31). The summed E-state index contributed by atoms with van der Waals surface area (Å²) in [6.07, 6.45) is 0.185. The van der Waals surface area contributed by atoms with Gasteiger partial charge in [0.2, 0.25) is 11.8 Å². The Balaban J connectivity index is 1.50. The largest absolute Gasteiger partial charge is 0.354 e. The van der Waals surface area contributed by atoms with Crippen molar-refractivity contribution in [2.75, 3.05) is 11.4 Å². The van der Waals surface area contributed by atoms with Gasteiger partial charge in [0.1, 0.15) is 6.54 Å². The zero-order valence-corrected chi connectivity index (χ0v) is 19.3. The van der Waals surface area contributed by atoms with Gasteiger partial charge in [0, 0.05) is 32.5 Å². The maximum absolute atomic E-state index is 13.4. The third-order valence-electron chi connectivity index (χ3n) is 5.65. The van der Waals surface area contributed by atoms with Crippen LogP contribution >= 0.6 is 27.5 Å². The van der Waals surface area contributed by atoms with Crippen molar-refractivity contribution in [3.05, 3.63) is 87.4 Å². The third-order valence-corrected chi connectivity index (χ3v) is 6.38. The summed E-state index contributed by atoms with van der Waals surface area (Å²) < 4.78 is 0.942. The van der Waals surface area contributed by atoms with E-state index in [4.69, 9.17) is 11.6 Å². The van der Waals surface area contributed by atoms with Gasteiger partial charge in [-0.15, -0.1) is 0 Å². The molecule has 0 unspecified atom stereocenters. The summed E-state index contributed by atoms with van der Waals surface area (Å²) in [7, 11) is 0. The first-order chi connectivity index (χ1) is 15.5. The van der Waals surface area contributed by atoms with Gasteiger partial charge in [-0.1, -0.05) is 57.9 Å². The van der Waals surface area contributed by atoms with Crippen molar-refractivity contribution in [1.29, 1.82) is 0 Å². The van der Waals surface area contributed by atoms with E-state index in [9.17, 15) is 9.59 Å². The molecule has 0 fully saturated rings. The highest BCUT2D eigenvalue weighted by Crippen LogP contribution is 2.41. The number of aromatic amines is 1. The average molecular weight is 509 g/mol. The lowest BCUT2D eigenvalue weighted by Gasteiger charge is -2.23. The number of hydrogen-bond donors (Lipinski definition) is 2. The van der Waals surface area contributed by atoms with Gasteiger partial charge in [-0.05, 0) is 47.5 Å². The van der Waals surface area contributed by atoms with Gasteiger partial charge >= 0.3 is 0 Å². The van der Waals surface area contributed by atoms with Crippen molar-refractivity contribution in [2.45, 2.75) is 13.0 Å². The Bertz CT molecular complexity index is 1350. The van der Waals surface area contributed by atoms with Gasteiger partial charge in [0.05, 0.1) is 17.8 Å². The minimum absolute atomic E-state index is 0.0785. The van der Waals surface area contributed by atoms with Crippen molar-refractivity contribution in [3.63, 3.8) is 0 Å². The van der Waals surface area contributed by atoms with E-state index in [-0.39, 0.29) is 24.8 Å². The van der Waals surface area contributed by atoms with E-state index < -0.39 is 0 Å². The predicted molar refractivity (Wildman–Crippen MR) is 131 cm³/mol. The summed E-state index contributed by atoms with van der Waals surface area (Å²) in [5, 5.41) is 4.40. The van der Waals surface area contributed by atoms with Crippen LogP contribution < -0.4 is 10.2 Å². The minimum Gasteiger partial charge on any atom is -0.354 e. The fourth-order valence-electron chi connectivity index (χ4n) is 4.12. The van der Waals surface area contributed by atoms with Gasteiger partial charge in [-0.3, -0.25) is 9.59 Å². The van der Waals surface area contributed by atoms with E-state index in [0.717, 1.165) is 37.8 Å². The number of hydrogen-bond acceptors (Lipinski definition) is 2. The molecule has 2 amide bonds. The third kappa shape index (κ3) is 3.92. The summed E-state index contributed by atoms with van der Waals surface area (Å²) in [4.78, 5) is 31.1. The summed E-state index contributed by atoms with van der Waals surface area (Å²) >= 11 is 9.81. The number of fused-ring (bicyclic) bond motifs is 5. The number of benzene rings is 3. The summed E-state index contributed by atoms with van der Waals surface area (Å²) in [5.41, 5.74) is 5.23. The molecular weight excluding hydrogens is 490 g/mol. The Morgan fingerprint density at radius 3 is 2.72 bits per heavy atom. The lowest BCUT2D eigenvalue weighted by atomic mass is 10.0. The smallest absolute Gasteiger partial charge is 0.240 e. The molecule has 2 N–H and O–H groups in total. The second-order valence-corrected chi connectivity index (χ2v) is 9.10.